The van der Waals surface area contributed by atoms with Crippen molar-refractivity contribution in [3.8, 4) is 11.3 Å². The Balaban J connectivity index is 1.31. The van der Waals surface area contributed by atoms with Gasteiger partial charge in [-0.1, -0.05) is 42.5 Å². The van der Waals surface area contributed by atoms with Crippen molar-refractivity contribution in [2.45, 2.75) is 73.8 Å². The molecular weight excluding hydrogens is 634 g/mol. The van der Waals surface area contributed by atoms with E-state index < -0.39 is 17.3 Å². The van der Waals surface area contributed by atoms with Gasteiger partial charge in [0.25, 0.3) is 5.91 Å². The zero-order valence-corrected chi connectivity index (χ0v) is 27.9. The molecule has 1 atom stereocenters. The molecule has 2 N–H and O–H groups in total. The molecule has 2 saturated heterocycles. The number of nitrogens with one attached hydrogen (secondary N) is 1. The number of likely N-dealkylation sites (tertiary alicyclic amines) is 2. The Labute approximate surface area is 283 Å². The topological polar surface area (TPSA) is 68.7 Å². The third kappa shape index (κ3) is 6.85. The van der Waals surface area contributed by atoms with Crippen LogP contribution in [0.5, 0.6) is 0 Å². The van der Waals surface area contributed by atoms with Crippen LogP contribution in [0.4, 0.5) is 13.2 Å². The van der Waals surface area contributed by atoms with Crippen LogP contribution in [0.2, 0.25) is 0 Å². The van der Waals surface area contributed by atoms with Gasteiger partial charge >= 0.3 is 6.18 Å². The molecule has 0 bridgehead atoms. The number of aliphatic hydroxyl groups is 1. The number of amides is 1. The third-order valence-electron chi connectivity index (χ3n) is 10.3. The predicted molar refractivity (Wildman–Crippen MR) is 184 cm³/mol. The summed E-state index contributed by atoms with van der Waals surface area (Å²) in [5.74, 6) is -0.234. The molecule has 2 aliphatic heterocycles. The number of carbonyl (C=O) groups is 1. The van der Waals surface area contributed by atoms with Crippen LogP contribution in [-0.2, 0) is 18.3 Å². The molecule has 6 nitrogen and oxygen atoms in total. The number of pyridine rings is 1. The molecule has 252 valence electrons. The number of nitrogens with zero attached hydrogens (tertiary/aromatic N) is 3. The lowest BCUT2D eigenvalue weighted by Gasteiger charge is -2.41. The molecule has 0 radical (unpaired) electrons. The molecule has 3 aromatic carbocycles. The summed E-state index contributed by atoms with van der Waals surface area (Å²) < 4.78 is 41.9. The van der Waals surface area contributed by atoms with Crippen LogP contribution < -0.4 is 5.32 Å². The van der Waals surface area contributed by atoms with Crippen LogP contribution in [0.15, 0.2) is 77.7 Å². The molecule has 1 aliphatic carbocycles. The van der Waals surface area contributed by atoms with Gasteiger partial charge in [-0.15, -0.1) is 11.8 Å². The van der Waals surface area contributed by atoms with Gasteiger partial charge in [0.1, 0.15) is 0 Å². The van der Waals surface area contributed by atoms with Crippen molar-refractivity contribution in [3.63, 3.8) is 0 Å². The summed E-state index contributed by atoms with van der Waals surface area (Å²) in [6, 6.07) is 21.4. The lowest BCUT2D eigenvalue weighted by molar-refractivity contribution is -0.137. The Morgan fingerprint density at radius 1 is 1.00 bits per heavy atom. The average molecular weight is 675 g/mol. The molecule has 48 heavy (non-hydrogen) atoms. The SMILES string of the molecule is CSc1ccc2nc(-c3cccc(C(F)(F)F)c3)c(CN3CCC(N4CCCC(O)C4)CC3)c(C(=O)NC3(c4ccccc4)CC3)c2c1. The van der Waals surface area contributed by atoms with Gasteiger partial charge in [0, 0.05) is 40.5 Å². The van der Waals surface area contributed by atoms with E-state index in [9.17, 15) is 23.1 Å². The fraction of sp³-hybridized carbons (Fsp3) is 0.421. The maximum atomic E-state index is 14.7. The van der Waals surface area contributed by atoms with Crippen molar-refractivity contribution in [1.82, 2.24) is 20.1 Å². The van der Waals surface area contributed by atoms with Gasteiger partial charge in [-0.3, -0.25) is 14.6 Å². The molecule has 1 unspecified atom stereocenters. The third-order valence-corrected chi connectivity index (χ3v) is 11.0. The summed E-state index contributed by atoms with van der Waals surface area (Å²) >= 11 is 1.57. The molecular formula is C38H41F3N4O2S. The second kappa shape index (κ2) is 13.5. The van der Waals surface area contributed by atoms with Crippen molar-refractivity contribution >= 4 is 28.6 Å². The summed E-state index contributed by atoms with van der Waals surface area (Å²) in [6.07, 6.45) is 2.48. The molecule has 1 aromatic heterocycles. The number of piperidine rings is 2. The van der Waals surface area contributed by atoms with Gasteiger partial charge < -0.3 is 10.4 Å². The van der Waals surface area contributed by atoms with E-state index >= 15 is 0 Å². The molecule has 3 fully saturated rings. The number of aromatic nitrogens is 1. The van der Waals surface area contributed by atoms with E-state index in [1.807, 2.05) is 54.8 Å². The molecule has 3 heterocycles. The Morgan fingerprint density at radius 3 is 2.46 bits per heavy atom. The zero-order valence-electron chi connectivity index (χ0n) is 27.1. The fourth-order valence-electron chi connectivity index (χ4n) is 7.53. The van der Waals surface area contributed by atoms with Crippen LogP contribution in [0.25, 0.3) is 22.2 Å². The first-order valence-electron chi connectivity index (χ1n) is 16.8. The maximum absolute atomic E-state index is 14.7. The zero-order chi connectivity index (χ0) is 33.5. The lowest BCUT2D eigenvalue weighted by Crippen LogP contribution is -2.49. The summed E-state index contributed by atoms with van der Waals surface area (Å²) in [4.78, 5) is 25.4. The predicted octanol–water partition coefficient (Wildman–Crippen LogP) is 7.48. The Bertz CT molecular complexity index is 1790. The van der Waals surface area contributed by atoms with Crippen LogP contribution in [-0.4, -0.2) is 70.4 Å². The first kappa shape index (κ1) is 33.1. The molecule has 1 saturated carbocycles. The van der Waals surface area contributed by atoms with Crippen molar-refractivity contribution in [2.24, 2.45) is 0 Å². The monoisotopic (exact) mass is 674 g/mol. The lowest BCUT2D eigenvalue weighted by atomic mass is 9.93. The van der Waals surface area contributed by atoms with Gasteiger partial charge in [0.05, 0.1) is 34.0 Å². The standard InChI is InChI=1S/C38H41F3N4O2S/c1-48-30-12-13-33-31(22-30)34(36(47)43-37(16-17-37)26-8-3-2-4-9-26)32(35(42-33)25-7-5-10-27(21-25)38(39,40)41)24-44-19-14-28(15-20-44)45-18-6-11-29(46)23-45/h2-5,7-10,12-13,21-22,28-29,46H,6,11,14-20,23-24H2,1H3,(H,43,47). The quantitative estimate of drug-likeness (QED) is 0.189. The number of hydrogen-bond acceptors (Lipinski definition) is 6. The normalized spacial score (nSPS) is 20.6. The van der Waals surface area contributed by atoms with Crippen molar-refractivity contribution in [3.05, 3.63) is 95.1 Å². The van der Waals surface area contributed by atoms with Gasteiger partial charge in [-0.2, -0.15) is 13.2 Å². The number of aliphatic hydroxyl groups excluding tert-OH is 1. The summed E-state index contributed by atoms with van der Waals surface area (Å²) in [7, 11) is 0. The molecule has 10 heteroatoms. The minimum Gasteiger partial charge on any atom is -0.392 e. The smallest absolute Gasteiger partial charge is 0.392 e. The maximum Gasteiger partial charge on any atom is 0.416 e. The number of β-amino-alcohol motifs (C(OH)–C–C–N with tert-alkyl or cyclic N) is 1. The van der Waals surface area contributed by atoms with E-state index in [1.165, 1.54) is 6.07 Å². The average Bonchev–Trinajstić information content (AvgIpc) is 3.88. The number of halogens is 3. The minimum absolute atomic E-state index is 0.234. The van der Waals surface area contributed by atoms with Crippen molar-refractivity contribution < 1.29 is 23.1 Å². The van der Waals surface area contributed by atoms with Gasteiger partial charge in [0.2, 0.25) is 0 Å². The highest BCUT2D eigenvalue weighted by Crippen LogP contribution is 2.46. The number of thioether (sulfide) groups is 1. The van der Waals surface area contributed by atoms with Crippen LogP contribution in [0.3, 0.4) is 0 Å². The van der Waals surface area contributed by atoms with Gasteiger partial charge in [-0.25, -0.2) is 4.98 Å². The molecule has 0 spiro atoms. The number of hydrogen-bond donors (Lipinski definition) is 2. The van der Waals surface area contributed by atoms with E-state index in [1.54, 1.807) is 17.8 Å². The Morgan fingerprint density at radius 2 is 1.77 bits per heavy atom. The van der Waals surface area contributed by atoms with Crippen LogP contribution in [0.1, 0.15) is 65.6 Å². The van der Waals surface area contributed by atoms with E-state index in [0.717, 1.165) is 80.8 Å². The fourth-order valence-corrected chi connectivity index (χ4v) is 7.97. The van der Waals surface area contributed by atoms with Crippen LogP contribution in [0, 0.1) is 0 Å². The van der Waals surface area contributed by atoms with Crippen LogP contribution >= 0.6 is 11.8 Å². The molecule has 1 amide bonds. The first-order chi connectivity index (χ1) is 23.1. The number of benzene rings is 3. The van der Waals surface area contributed by atoms with Gasteiger partial charge in [-0.05, 0) is 100 Å². The van der Waals surface area contributed by atoms with Crippen molar-refractivity contribution in [1.29, 1.82) is 0 Å². The second-order valence-corrected chi connectivity index (χ2v) is 14.4. The highest BCUT2D eigenvalue weighted by Gasteiger charge is 2.46. The van der Waals surface area contributed by atoms with Gasteiger partial charge in [0.15, 0.2) is 0 Å². The number of fused-ring (bicyclic) bond motifs is 1. The summed E-state index contributed by atoms with van der Waals surface area (Å²) in [5.41, 5.74) is 2.26. The minimum atomic E-state index is -4.52. The molecule has 7 rings (SSSR count). The first-order valence-corrected chi connectivity index (χ1v) is 18.1. The largest absolute Gasteiger partial charge is 0.416 e. The summed E-state index contributed by atoms with van der Waals surface area (Å²) in [6.45, 7) is 3.62. The van der Waals surface area contributed by atoms with E-state index in [2.05, 4.69) is 15.1 Å². The molecule has 4 aromatic rings. The number of carbonyl (C=O) groups excluding carboxylic acids is 1. The van der Waals surface area contributed by atoms with E-state index in [-0.39, 0.29) is 12.0 Å². The summed E-state index contributed by atoms with van der Waals surface area (Å²) in [5, 5.41) is 14.3. The van der Waals surface area contributed by atoms with E-state index in [4.69, 9.17) is 4.98 Å². The molecule has 3 aliphatic rings. The highest BCUT2D eigenvalue weighted by molar-refractivity contribution is 7.98. The Kier molecular flexibility index (Phi) is 9.28. The number of rotatable bonds is 8. The highest BCUT2D eigenvalue weighted by atomic mass is 32.2. The second-order valence-electron chi connectivity index (χ2n) is 13.5. The van der Waals surface area contributed by atoms with Crippen molar-refractivity contribution in [2.75, 3.05) is 32.4 Å². The Hall–Kier alpha value is -3.44. The van der Waals surface area contributed by atoms with E-state index in [0.29, 0.717) is 52.4 Å². The number of alkyl halides is 3.